The molecule has 0 aliphatic heterocycles. The standard InChI is InChI=1S/C14H12Br2OS/c1-14(2,9-6-4-3-5-7-9)13(17)12-11(16)10(15)8-18-12/h3-8H,1-2H3. The molecule has 1 aromatic carbocycles. The lowest BCUT2D eigenvalue weighted by Crippen LogP contribution is -2.28. The largest absolute Gasteiger partial charge is 0.292 e. The summed E-state index contributed by atoms with van der Waals surface area (Å²) < 4.78 is 1.78. The Morgan fingerprint density at radius 2 is 1.78 bits per heavy atom. The van der Waals surface area contributed by atoms with Gasteiger partial charge in [-0.2, -0.15) is 0 Å². The minimum Gasteiger partial charge on any atom is -0.292 e. The molecule has 2 aromatic rings. The van der Waals surface area contributed by atoms with Crippen molar-refractivity contribution in [2.75, 3.05) is 0 Å². The number of ketones is 1. The number of benzene rings is 1. The second-order valence-electron chi connectivity index (χ2n) is 4.55. The van der Waals surface area contributed by atoms with E-state index in [2.05, 4.69) is 31.9 Å². The molecule has 0 N–H and O–H groups in total. The fraction of sp³-hybridized carbons (Fsp3) is 0.214. The van der Waals surface area contributed by atoms with Gasteiger partial charge >= 0.3 is 0 Å². The van der Waals surface area contributed by atoms with E-state index in [9.17, 15) is 4.79 Å². The molecule has 0 spiro atoms. The zero-order chi connectivity index (χ0) is 13.3. The Balaban J connectivity index is 2.42. The first-order valence-corrected chi connectivity index (χ1v) is 7.94. The molecule has 0 fully saturated rings. The van der Waals surface area contributed by atoms with Gasteiger partial charge in [0.15, 0.2) is 5.78 Å². The molecule has 0 unspecified atom stereocenters. The molecule has 2 rings (SSSR count). The number of rotatable bonds is 3. The number of halogens is 2. The fourth-order valence-electron chi connectivity index (χ4n) is 1.75. The lowest BCUT2D eigenvalue weighted by molar-refractivity contribution is 0.0912. The molecule has 1 aromatic heterocycles. The van der Waals surface area contributed by atoms with Crippen LogP contribution in [0.5, 0.6) is 0 Å². The van der Waals surface area contributed by atoms with Gasteiger partial charge in [0.05, 0.1) is 14.8 Å². The van der Waals surface area contributed by atoms with Gasteiger partial charge in [0.25, 0.3) is 0 Å². The Morgan fingerprint density at radius 3 is 2.28 bits per heavy atom. The number of thiophene rings is 1. The molecule has 0 saturated carbocycles. The molecular weight excluding hydrogens is 376 g/mol. The number of carbonyl (C=O) groups is 1. The van der Waals surface area contributed by atoms with E-state index in [1.54, 1.807) is 0 Å². The molecule has 4 heteroatoms. The summed E-state index contributed by atoms with van der Waals surface area (Å²) in [5, 5.41) is 1.93. The Morgan fingerprint density at radius 1 is 1.17 bits per heavy atom. The average Bonchev–Trinajstić information content (AvgIpc) is 2.70. The molecule has 0 atom stereocenters. The molecule has 18 heavy (non-hydrogen) atoms. The third kappa shape index (κ3) is 2.46. The quantitative estimate of drug-likeness (QED) is 0.641. The van der Waals surface area contributed by atoms with Gasteiger partial charge in [0, 0.05) is 9.85 Å². The van der Waals surface area contributed by atoms with Crippen LogP contribution >= 0.6 is 43.2 Å². The lowest BCUT2D eigenvalue weighted by atomic mass is 9.80. The van der Waals surface area contributed by atoms with Crippen molar-refractivity contribution in [3.8, 4) is 0 Å². The van der Waals surface area contributed by atoms with E-state index in [1.165, 1.54) is 11.3 Å². The maximum Gasteiger partial charge on any atom is 0.183 e. The molecule has 0 amide bonds. The summed E-state index contributed by atoms with van der Waals surface area (Å²) in [7, 11) is 0. The topological polar surface area (TPSA) is 17.1 Å². The van der Waals surface area contributed by atoms with E-state index >= 15 is 0 Å². The normalized spacial score (nSPS) is 11.6. The number of hydrogen-bond acceptors (Lipinski definition) is 2. The van der Waals surface area contributed by atoms with Crippen molar-refractivity contribution in [1.29, 1.82) is 0 Å². The molecule has 0 radical (unpaired) electrons. The molecule has 0 saturated heterocycles. The predicted octanol–water partition coefficient (Wildman–Crippen LogP) is 5.43. The van der Waals surface area contributed by atoms with E-state index in [4.69, 9.17) is 0 Å². The number of Topliss-reactive ketones (excluding diaryl/α,β-unsaturated/α-hetero) is 1. The first-order valence-electron chi connectivity index (χ1n) is 5.47. The van der Waals surface area contributed by atoms with Crippen LogP contribution in [0.2, 0.25) is 0 Å². The third-order valence-electron chi connectivity index (χ3n) is 2.96. The third-order valence-corrected chi connectivity index (χ3v) is 6.48. The summed E-state index contributed by atoms with van der Waals surface area (Å²) in [6, 6.07) is 9.87. The van der Waals surface area contributed by atoms with Crippen LogP contribution in [0.15, 0.2) is 44.7 Å². The van der Waals surface area contributed by atoms with Crippen molar-refractivity contribution in [3.63, 3.8) is 0 Å². The maximum atomic E-state index is 12.7. The molecule has 1 heterocycles. The van der Waals surface area contributed by atoms with Crippen molar-refractivity contribution in [2.24, 2.45) is 0 Å². The second-order valence-corrected chi connectivity index (χ2v) is 7.07. The van der Waals surface area contributed by atoms with Crippen molar-refractivity contribution in [3.05, 3.63) is 55.1 Å². The fourth-order valence-corrected chi connectivity index (χ4v) is 4.00. The smallest absolute Gasteiger partial charge is 0.183 e. The number of hydrogen-bond donors (Lipinski definition) is 0. The van der Waals surface area contributed by atoms with Gasteiger partial charge in [-0.3, -0.25) is 4.79 Å². The van der Waals surface area contributed by atoms with Crippen LogP contribution in [0.1, 0.15) is 29.1 Å². The second kappa shape index (κ2) is 5.27. The minimum absolute atomic E-state index is 0.135. The first kappa shape index (κ1) is 14.0. The highest BCUT2D eigenvalue weighted by Gasteiger charge is 2.33. The lowest BCUT2D eigenvalue weighted by Gasteiger charge is -2.23. The summed E-state index contributed by atoms with van der Waals surface area (Å²) >= 11 is 8.34. The summed E-state index contributed by atoms with van der Waals surface area (Å²) in [6.45, 7) is 3.93. The highest BCUT2D eigenvalue weighted by atomic mass is 79.9. The van der Waals surface area contributed by atoms with Gasteiger partial charge in [0.2, 0.25) is 0 Å². The van der Waals surface area contributed by atoms with Crippen LogP contribution in [0, 0.1) is 0 Å². The molecule has 94 valence electrons. The van der Waals surface area contributed by atoms with Gasteiger partial charge in [0.1, 0.15) is 0 Å². The average molecular weight is 388 g/mol. The van der Waals surface area contributed by atoms with Crippen LogP contribution in [0.3, 0.4) is 0 Å². The van der Waals surface area contributed by atoms with Gasteiger partial charge in [-0.25, -0.2) is 0 Å². The summed E-state index contributed by atoms with van der Waals surface area (Å²) in [5.74, 6) is 0.135. The van der Waals surface area contributed by atoms with Crippen LogP contribution in [0.4, 0.5) is 0 Å². The van der Waals surface area contributed by atoms with E-state index in [0.29, 0.717) is 0 Å². The Bertz CT molecular complexity index is 573. The van der Waals surface area contributed by atoms with Crippen molar-refractivity contribution >= 4 is 49.0 Å². The zero-order valence-electron chi connectivity index (χ0n) is 10.0. The molecule has 0 bridgehead atoms. The zero-order valence-corrected chi connectivity index (χ0v) is 14.0. The monoisotopic (exact) mass is 386 g/mol. The Hall–Kier alpha value is -0.450. The van der Waals surface area contributed by atoms with E-state index in [1.807, 2.05) is 49.6 Å². The number of carbonyl (C=O) groups excluding carboxylic acids is 1. The SMILES string of the molecule is CC(C)(C(=O)c1scc(Br)c1Br)c1ccccc1. The van der Waals surface area contributed by atoms with Crippen LogP contribution in [0.25, 0.3) is 0 Å². The first-order chi connectivity index (χ1) is 8.44. The molecular formula is C14H12Br2OS. The molecule has 0 aliphatic carbocycles. The van der Waals surface area contributed by atoms with E-state index in [-0.39, 0.29) is 5.78 Å². The van der Waals surface area contributed by atoms with Crippen molar-refractivity contribution in [1.82, 2.24) is 0 Å². The van der Waals surface area contributed by atoms with Gasteiger partial charge in [-0.15, -0.1) is 11.3 Å². The van der Waals surface area contributed by atoms with Crippen LogP contribution in [-0.2, 0) is 5.41 Å². The predicted molar refractivity (Wildman–Crippen MR) is 83.5 cm³/mol. The molecule has 0 aliphatic rings. The maximum absolute atomic E-state index is 12.7. The summed E-state index contributed by atoms with van der Waals surface area (Å²) in [5.41, 5.74) is 0.514. The van der Waals surface area contributed by atoms with Gasteiger partial charge in [-0.05, 0) is 51.3 Å². The highest BCUT2D eigenvalue weighted by Crippen LogP contribution is 2.37. The van der Waals surface area contributed by atoms with E-state index in [0.717, 1.165) is 19.4 Å². The van der Waals surface area contributed by atoms with Gasteiger partial charge < -0.3 is 0 Å². The van der Waals surface area contributed by atoms with Crippen molar-refractivity contribution < 1.29 is 4.79 Å². The summed E-state index contributed by atoms with van der Waals surface area (Å²) in [4.78, 5) is 13.4. The van der Waals surface area contributed by atoms with Gasteiger partial charge in [-0.1, -0.05) is 30.3 Å². The molecule has 1 nitrogen and oxygen atoms in total. The van der Waals surface area contributed by atoms with E-state index < -0.39 is 5.41 Å². The summed E-state index contributed by atoms with van der Waals surface area (Å²) in [6.07, 6.45) is 0. The minimum atomic E-state index is -0.520. The van der Waals surface area contributed by atoms with Crippen LogP contribution < -0.4 is 0 Å². The van der Waals surface area contributed by atoms with Crippen LogP contribution in [-0.4, -0.2) is 5.78 Å². The Labute approximate surface area is 127 Å². The van der Waals surface area contributed by atoms with Crippen molar-refractivity contribution in [2.45, 2.75) is 19.3 Å². The highest BCUT2D eigenvalue weighted by molar-refractivity contribution is 9.13. The Kier molecular flexibility index (Phi) is 4.09.